The van der Waals surface area contributed by atoms with E-state index in [4.69, 9.17) is 0 Å². The van der Waals surface area contributed by atoms with Gasteiger partial charge in [-0.15, -0.1) is 0 Å². The van der Waals surface area contributed by atoms with Crippen molar-refractivity contribution >= 4 is 29.2 Å². The molecule has 1 aliphatic heterocycles. The largest absolute Gasteiger partial charge is 0.354 e. The summed E-state index contributed by atoms with van der Waals surface area (Å²) in [7, 11) is 0. The number of aryl methyl sites for hydroxylation is 2. The standard InChI is InChI=1S/C24H26N4OS/c1-17-8-10-21(11-9-17)30-24-22(25-12-13-26-24)28-14-4-6-19(16-28)23(29)27-20-7-3-5-18(2)15-20/h3,5,7-13,15,19H,4,6,14,16H2,1-2H3,(H,27,29). The van der Waals surface area contributed by atoms with Crippen molar-refractivity contribution in [3.8, 4) is 0 Å². The molecule has 0 spiro atoms. The number of amides is 1. The third-order valence-corrected chi connectivity index (χ3v) is 6.25. The normalized spacial score (nSPS) is 16.3. The van der Waals surface area contributed by atoms with Gasteiger partial charge in [0.15, 0.2) is 5.82 Å². The van der Waals surface area contributed by atoms with E-state index in [1.807, 2.05) is 31.2 Å². The SMILES string of the molecule is Cc1ccc(Sc2nccnc2N2CCCC(C(=O)Nc3cccc(C)c3)C2)cc1. The van der Waals surface area contributed by atoms with Crippen LogP contribution in [0.15, 0.2) is 70.8 Å². The molecule has 0 saturated carbocycles. The number of aromatic nitrogens is 2. The number of piperidine rings is 1. The lowest BCUT2D eigenvalue weighted by molar-refractivity contribution is -0.120. The van der Waals surface area contributed by atoms with E-state index in [0.717, 1.165) is 46.4 Å². The minimum atomic E-state index is -0.0708. The average molecular weight is 419 g/mol. The van der Waals surface area contributed by atoms with Crippen LogP contribution in [-0.4, -0.2) is 29.0 Å². The predicted octanol–water partition coefficient (Wildman–Crippen LogP) is 5.10. The van der Waals surface area contributed by atoms with Crippen LogP contribution in [0.5, 0.6) is 0 Å². The molecule has 1 saturated heterocycles. The zero-order chi connectivity index (χ0) is 20.9. The fourth-order valence-electron chi connectivity index (χ4n) is 3.68. The van der Waals surface area contributed by atoms with Gasteiger partial charge in [0.1, 0.15) is 5.03 Å². The van der Waals surface area contributed by atoms with Gasteiger partial charge in [0.25, 0.3) is 0 Å². The molecule has 2 heterocycles. The Morgan fingerprint density at radius 2 is 1.87 bits per heavy atom. The summed E-state index contributed by atoms with van der Waals surface area (Å²) in [5.41, 5.74) is 3.22. The van der Waals surface area contributed by atoms with Crippen LogP contribution in [0, 0.1) is 19.8 Å². The first kappa shape index (κ1) is 20.4. The van der Waals surface area contributed by atoms with E-state index in [0.29, 0.717) is 6.54 Å². The van der Waals surface area contributed by atoms with Gasteiger partial charge in [-0.05, 0) is 56.5 Å². The first-order valence-corrected chi connectivity index (χ1v) is 11.1. The number of rotatable bonds is 5. The monoisotopic (exact) mass is 418 g/mol. The molecule has 1 N–H and O–H groups in total. The van der Waals surface area contributed by atoms with Gasteiger partial charge < -0.3 is 10.2 Å². The molecule has 0 radical (unpaired) electrons. The molecule has 0 bridgehead atoms. The van der Waals surface area contributed by atoms with E-state index in [1.54, 1.807) is 24.2 Å². The van der Waals surface area contributed by atoms with Crippen LogP contribution in [-0.2, 0) is 4.79 Å². The minimum absolute atomic E-state index is 0.0708. The first-order chi connectivity index (χ1) is 14.6. The number of nitrogens with one attached hydrogen (secondary N) is 1. The molecule has 1 aromatic heterocycles. The first-order valence-electron chi connectivity index (χ1n) is 10.3. The molecule has 3 aromatic rings. The number of hydrogen-bond acceptors (Lipinski definition) is 5. The average Bonchev–Trinajstić information content (AvgIpc) is 2.76. The molecule has 0 aliphatic carbocycles. The lowest BCUT2D eigenvalue weighted by Crippen LogP contribution is -2.41. The van der Waals surface area contributed by atoms with Crippen LogP contribution in [0.2, 0.25) is 0 Å². The zero-order valence-electron chi connectivity index (χ0n) is 17.3. The maximum absolute atomic E-state index is 12.9. The third kappa shape index (κ3) is 5.00. The summed E-state index contributed by atoms with van der Waals surface area (Å²) in [6, 6.07) is 16.3. The molecular weight excluding hydrogens is 392 g/mol. The Balaban J connectivity index is 1.48. The van der Waals surface area contributed by atoms with Crippen molar-refractivity contribution in [1.29, 1.82) is 0 Å². The summed E-state index contributed by atoms with van der Waals surface area (Å²) in [5.74, 6) is 0.858. The predicted molar refractivity (Wildman–Crippen MR) is 122 cm³/mol. The van der Waals surface area contributed by atoms with E-state index in [-0.39, 0.29) is 11.8 Å². The van der Waals surface area contributed by atoms with Crippen molar-refractivity contribution in [3.63, 3.8) is 0 Å². The number of carbonyl (C=O) groups is 1. The smallest absolute Gasteiger partial charge is 0.229 e. The van der Waals surface area contributed by atoms with Crippen molar-refractivity contribution in [2.45, 2.75) is 36.6 Å². The molecule has 5 nitrogen and oxygen atoms in total. The summed E-state index contributed by atoms with van der Waals surface area (Å²) in [6.45, 7) is 5.64. The summed E-state index contributed by atoms with van der Waals surface area (Å²) in [5, 5.41) is 3.95. The Hall–Kier alpha value is -2.86. The second-order valence-corrected chi connectivity index (χ2v) is 8.81. The van der Waals surface area contributed by atoms with E-state index in [2.05, 4.69) is 51.4 Å². The maximum atomic E-state index is 12.9. The van der Waals surface area contributed by atoms with Gasteiger partial charge in [0, 0.05) is 36.1 Å². The van der Waals surface area contributed by atoms with Gasteiger partial charge in [-0.25, -0.2) is 9.97 Å². The lowest BCUT2D eigenvalue weighted by atomic mass is 9.97. The van der Waals surface area contributed by atoms with E-state index in [1.165, 1.54) is 5.56 Å². The van der Waals surface area contributed by atoms with Gasteiger partial charge in [0.05, 0.1) is 5.92 Å². The molecule has 1 atom stereocenters. The van der Waals surface area contributed by atoms with E-state index < -0.39 is 0 Å². The van der Waals surface area contributed by atoms with Gasteiger partial charge >= 0.3 is 0 Å². The molecule has 2 aromatic carbocycles. The molecule has 30 heavy (non-hydrogen) atoms. The van der Waals surface area contributed by atoms with Crippen molar-refractivity contribution < 1.29 is 4.79 Å². The summed E-state index contributed by atoms with van der Waals surface area (Å²) in [6.07, 6.45) is 5.29. The Morgan fingerprint density at radius 3 is 2.67 bits per heavy atom. The number of nitrogens with zero attached hydrogens (tertiary/aromatic N) is 3. The van der Waals surface area contributed by atoms with Crippen LogP contribution in [0.3, 0.4) is 0 Å². The summed E-state index contributed by atoms with van der Waals surface area (Å²) in [4.78, 5) is 25.4. The Morgan fingerprint density at radius 1 is 1.07 bits per heavy atom. The maximum Gasteiger partial charge on any atom is 0.229 e. The molecule has 1 amide bonds. The lowest BCUT2D eigenvalue weighted by Gasteiger charge is -2.33. The van der Waals surface area contributed by atoms with Gasteiger partial charge in [-0.1, -0.05) is 41.6 Å². The fourth-order valence-corrected chi connectivity index (χ4v) is 4.56. The van der Waals surface area contributed by atoms with Crippen molar-refractivity contribution in [1.82, 2.24) is 9.97 Å². The minimum Gasteiger partial charge on any atom is -0.354 e. The molecular formula is C24H26N4OS. The van der Waals surface area contributed by atoms with E-state index >= 15 is 0 Å². The molecule has 6 heteroatoms. The summed E-state index contributed by atoms with van der Waals surface area (Å²) < 4.78 is 0. The third-order valence-electron chi connectivity index (χ3n) is 5.26. The van der Waals surface area contributed by atoms with Crippen LogP contribution in [0.25, 0.3) is 0 Å². The topological polar surface area (TPSA) is 58.1 Å². The van der Waals surface area contributed by atoms with E-state index in [9.17, 15) is 4.79 Å². The quantitative estimate of drug-likeness (QED) is 0.625. The number of carbonyl (C=O) groups excluding carboxylic acids is 1. The number of anilines is 2. The second-order valence-electron chi connectivity index (χ2n) is 7.74. The van der Waals surface area contributed by atoms with Gasteiger partial charge in [0.2, 0.25) is 5.91 Å². The summed E-state index contributed by atoms with van der Waals surface area (Å²) >= 11 is 1.61. The highest BCUT2D eigenvalue weighted by Crippen LogP contribution is 2.34. The molecule has 1 fully saturated rings. The highest BCUT2D eigenvalue weighted by molar-refractivity contribution is 7.99. The molecule has 154 valence electrons. The Kier molecular flexibility index (Phi) is 6.33. The highest BCUT2D eigenvalue weighted by Gasteiger charge is 2.28. The van der Waals surface area contributed by atoms with Crippen molar-refractivity contribution in [2.75, 3.05) is 23.3 Å². The van der Waals surface area contributed by atoms with Crippen LogP contribution in [0.4, 0.5) is 11.5 Å². The second kappa shape index (κ2) is 9.30. The number of benzene rings is 2. The highest BCUT2D eigenvalue weighted by atomic mass is 32.2. The molecule has 1 aliphatic rings. The van der Waals surface area contributed by atoms with Crippen LogP contribution in [0.1, 0.15) is 24.0 Å². The fraction of sp³-hybridized carbons (Fsp3) is 0.292. The Bertz CT molecular complexity index is 1020. The van der Waals surface area contributed by atoms with Gasteiger partial charge in [-0.3, -0.25) is 4.79 Å². The number of hydrogen-bond donors (Lipinski definition) is 1. The van der Waals surface area contributed by atoms with Crippen molar-refractivity contribution in [3.05, 3.63) is 72.1 Å². The van der Waals surface area contributed by atoms with Crippen LogP contribution < -0.4 is 10.2 Å². The van der Waals surface area contributed by atoms with Gasteiger partial charge in [-0.2, -0.15) is 0 Å². The molecule has 1 unspecified atom stereocenters. The Labute approximate surface area is 181 Å². The zero-order valence-corrected chi connectivity index (χ0v) is 18.2. The van der Waals surface area contributed by atoms with Crippen molar-refractivity contribution in [2.24, 2.45) is 5.92 Å². The molecule has 4 rings (SSSR count). The van der Waals surface area contributed by atoms with Crippen LogP contribution >= 0.6 is 11.8 Å².